The maximum absolute atomic E-state index is 11.9. The molecule has 0 fully saturated rings. The summed E-state index contributed by atoms with van der Waals surface area (Å²) in [6, 6.07) is 5.53. The number of hydrogen-bond acceptors (Lipinski definition) is 4. The van der Waals surface area contributed by atoms with Gasteiger partial charge < -0.3 is 10.1 Å². The average Bonchev–Trinajstić information content (AvgIpc) is 2.78. The van der Waals surface area contributed by atoms with Gasteiger partial charge in [-0.2, -0.15) is 8.78 Å². The lowest BCUT2D eigenvalue weighted by Gasteiger charge is -2.06. The predicted molar refractivity (Wildman–Crippen MR) is 62.1 cm³/mol. The number of carbonyl (C=O) groups is 1. The molecular weight excluding hydrogens is 258 g/mol. The number of aromatic nitrogens is 3. The normalized spacial score (nSPS) is 10.5. The van der Waals surface area contributed by atoms with Gasteiger partial charge in [-0.05, 0) is 31.2 Å². The van der Waals surface area contributed by atoms with Gasteiger partial charge in [-0.1, -0.05) is 0 Å². The summed E-state index contributed by atoms with van der Waals surface area (Å²) in [5.41, 5.74) is 0.425. The van der Waals surface area contributed by atoms with Crippen LogP contribution in [0, 0.1) is 6.92 Å². The van der Waals surface area contributed by atoms with E-state index in [1.807, 2.05) is 0 Å². The van der Waals surface area contributed by atoms with Crippen molar-refractivity contribution in [1.82, 2.24) is 15.2 Å². The second-order valence-corrected chi connectivity index (χ2v) is 3.60. The number of halogens is 2. The molecule has 2 N–H and O–H groups in total. The Balaban J connectivity index is 2.01. The van der Waals surface area contributed by atoms with E-state index < -0.39 is 12.5 Å². The van der Waals surface area contributed by atoms with E-state index in [1.54, 1.807) is 6.92 Å². The maximum Gasteiger partial charge on any atom is 0.387 e. The largest absolute Gasteiger partial charge is 0.435 e. The summed E-state index contributed by atoms with van der Waals surface area (Å²) >= 11 is 0. The van der Waals surface area contributed by atoms with Gasteiger partial charge in [0.2, 0.25) is 5.82 Å². The van der Waals surface area contributed by atoms with E-state index in [2.05, 4.69) is 25.2 Å². The molecule has 2 rings (SSSR count). The Kier molecular flexibility index (Phi) is 3.69. The maximum atomic E-state index is 11.9. The SMILES string of the molecule is Cc1nc(C(=O)Nc2ccc(OC(F)F)cc2)n[nH]1. The molecule has 19 heavy (non-hydrogen) atoms. The van der Waals surface area contributed by atoms with Crippen LogP contribution in [-0.4, -0.2) is 27.7 Å². The van der Waals surface area contributed by atoms with Crippen LogP contribution in [0.5, 0.6) is 5.75 Å². The number of H-pyrrole nitrogens is 1. The van der Waals surface area contributed by atoms with Crippen LogP contribution in [0.3, 0.4) is 0 Å². The number of anilines is 1. The third-order valence-electron chi connectivity index (χ3n) is 2.14. The molecule has 6 nitrogen and oxygen atoms in total. The van der Waals surface area contributed by atoms with Gasteiger partial charge in [-0.3, -0.25) is 9.89 Å². The Hall–Kier alpha value is -2.51. The molecule has 0 bridgehead atoms. The number of nitrogens with one attached hydrogen (secondary N) is 2. The van der Waals surface area contributed by atoms with E-state index in [0.717, 1.165) is 0 Å². The highest BCUT2D eigenvalue weighted by atomic mass is 19.3. The molecule has 0 spiro atoms. The van der Waals surface area contributed by atoms with Crippen molar-refractivity contribution in [2.24, 2.45) is 0 Å². The zero-order chi connectivity index (χ0) is 13.8. The van der Waals surface area contributed by atoms with Gasteiger partial charge in [-0.25, -0.2) is 4.98 Å². The zero-order valence-corrected chi connectivity index (χ0v) is 9.85. The number of benzene rings is 1. The topological polar surface area (TPSA) is 79.9 Å². The van der Waals surface area contributed by atoms with Crippen molar-refractivity contribution in [1.29, 1.82) is 0 Å². The van der Waals surface area contributed by atoms with Crippen molar-refractivity contribution in [3.05, 3.63) is 35.9 Å². The Bertz CT molecular complexity index is 568. The third-order valence-corrected chi connectivity index (χ3v) is 2.14. The Labute approximate surface area is 106 Å². The molecule has 0 aliphatic carbocycles. The number of alkyl halides is 2. The standard InChI is InChI=1S/C11H10F2N4O2/c1-6-14-9(17-16-6)10(18)15-7-2-4-8(5-3-7)19-11(12)13/h2-5,11H,1H3,(H,15,18)(H,14,16,17). The van der Waals surface area contributed by atoms with E-state index in [9.17, 15) is 13.6 Å². The third kappa shape index (κ3) is 3.47. The van der Waals surface area contributed by atoms with E-state index in [-0.39, 0.29) is 11.6 Å². The molecule has 0 aliphatic heterocycles. The van der Waals surface area contributed by atoms with Crippen LogP contribution in [0.1, 0.15) is 16.4 Å². The highest BCUT2D eigenvalue weighted by molar-refractivity contribution is 6.01. The van der Waals surface area contributed by atoms with E-state index in [1.165, 1.54) is 24.3 Å². The molecule has 0 saturated heterocycles. The molecule has 100 valence electrons. The monoisotopic (exact) mass is 268 g/mol. The average molecular weight is 268 g/mol. The molecule has 0 atom stereocenters. The highest BCUT2D eigenvalue weighted by Crippen LogP contribution is 2.17. The lowest BCUT2D eigenvalue weighted by atomic mass is 10.3. The molecule has 2 aromatic rings. The second-order valence-electron chi connectivity index (χ2n) is 3.60. The van der Waals surface area contributed by atoms with Gasteiger partial charge in [-0.15, -0.1) is 5.10 Å². The molecule has 1 aromatic heterocycles. The summed E-state index contributed by atoms with van der Waals surface area (Å²) in [5.74, 6) is 0.0462. The quantitative estimate of drug-likeness (QED) is 0.888. The van der Waals surface area contributed by atoms with E-state index in [4.69, 9.17) is 0 Å². The number of carbonyl (C=O) groups excluding carboxylic acids is 1. The van der Waals surface area contributed by atoms with Gasteiger partial charge in [0.15, 0.2) is 0 Å². The molecule has 0 radical (unpaired) electrons. The highest BCUT2D eigenvalue weighted by Gasteiger charge is 2.11. The molecule has 8 heteroatoms. The van der Waals surface area contributed by atoms with Crippen molar-refractivity contribution in [3.8, 4) is 5.75 Å². The lowest BCUT2D eigenvalue weighted by molar-refractivity contribution is -0.0498. The van der Waals surface area contributed by atoms with Crippen LogP contribution in [0.25, 0.3) is 0 Å². The number of aromatic amines is 1. The number of aryl methyl sites for hydroxylation is 1. The fourth-order valence-electron chi connectivity index (χ4n) is 1.35. The van der Waals surface area contributed by atoms with Crippen LogP contribution in [0.15, 0.2) is 24.3 Å². The minimum Gasteiger partial charge on any atom is -0.435 e. The summed E-state index contributed by atoms with van der Waals surface area (Å²) < 4.78 is 28.1. The van der Waals surface area contributed by atoms with Gasteiger partial charge in [0, 0.05) is 5.69 Å². The first-order chi connectivity index (χ1) is 9.04. The first-order valence-corrected chi connectivity index (χ1v) is 5.30. The van der Waals surface area contributed by atoms with Crippen LogP contribution in [-0.2, 0) is 0 Å². The van der Waals surface area contributed by atoms with Gasteiger partial charge in [0.05, 0.1) is 0 Å². The van der Waals surface area contributed by atoms with Crippen molar-refractivity contribution in [2.75, 3.05) is 5.32 Å². The molecule has 0 unspecified atom stereocenters. The Morgan fingerprint density at radius 2 is 2.05 bits per heavy atom. The summed E-state index contributed by atoms with van der Waals surface area (Å²) in [6.07, 6.45) is 0. The fourth-order valence-corrected chi connectivity index (χ4v) is 1.35. The summed E-state index contributed by atoms with van der Waals surface area (Å²) in [5, 5.41) is 8.76. The van der Waals surface area contributed by atoms with Gasteiger partial charge in [0.1, 0.15) is 11.6 Å². The number of rotatable bonds is 4. The molecule has 1 amide bonds. The van der Waals surface area contributed by atoms with E-state index in [0.29, 0.717) is 11.5 Å². The predicted octanol–water partition coefficient (Wildman–Crippen LogP) is 1.97. The number of amides is 1. The molecular formula is C11H10F2N4O2. The summed E-state index contributed by atoms with van der Waals surface area (Å²) in [6.45, 7) is -1.21. The smallest absolute Gasteiger partial charge is 0.387 e. The molecule has 1 aromatic carbocycles. The molecule has 0 saturated carbocycles. The minimum absolute atomic E-state index is 0.00501. The molecule has 1 heterocycles. The fraction of sp³-hybridized carbons (Fsp3) is 0.182. The van der Waals surface area contributed by atoms with Gasteiger partial charge >= 0.3 is 6.61 Å². The zero-order valence-electron chi connectivity index (χ0n) is 9.85. The van der Waals surface area contributed by atoms with Crippen molar-refractivity contribution in [2.45, 2.75) is 13.5 Å². The van der Waals surface area contributed by atoms with Crippen molar-refractivity contribution < 1.29 is 18.3 Å². The van der Waals surface area contributed by atoms with Crippen LogP contribution >= 0.6 is 0 Å². The van der Waals surface area contributed by atoms with Crippen molar-refractivity contribution in [3.63, 3.8) is 0 Å². The second kappa shape index (κ2) is 5.42. The number of nitrogens with zero attached hydrogens (tertiary/aromatic N) is 2. The number of hydrogen-bond donors (Lipinski definition) is 2. The van der Waals surface area contributed by atoms with Crippen molar-refractivity contribution >= 4 is 11.6 Å². The Morgan fingerprint density at radius 1 is 1.37 bits per heavy atom. The van der Waals surface area contributed by atoms with Crippen LogP contribution < -0.4 is 10.1 Å². The Morgan fingerprint density at radius 3 is 2.58 bits per heavy atom. The lowest BCUT2D eigenvalue weighted by Crippen LogP contribution is -2.13. The summed E-state index contributed by atoms with van der Waals surface area (Å²) in [7, 11) is 0. The van der Waals surface area contributed by atoms with Crippen LogP contribution in [0.4, 0.5) is 14.5 Å². The van der Waals surface area contributed by atoms with E-state index >= 15 is 0 Å². The minimum atomic E-state index is -2.88. The van der Waals surface area contributed by atoms with Crippen LogP contribution in [0.2, 0.25) is 0 Å². The molecule has 0 aliphatic rings. The first kappa shape index (κ1) is 12.9. The van der Waals surface area contributed by atoms with Gasteiger partial charge in [0.25, 0.3) is 5.91 Å². The number of ether oxygens (including phenoxy) is 1. The first-order valence-electron chi connectivity index (χ1n) is 5.30. The summed E-state index contributed by atoms with van der Waals surface area (Å²) in [4.78, 5) is 15.5.